The van der Waals surface area contributed by atoms with Crippen molar-refractivity contribution in [2.45, 2.75) is 82.9 Å². The molecule has 262 valence electrons. The number of nitrogens with zero attached hydrogens (tertiary/aromatic N) is 3. The fraction of sp³-hybridized carbons (Fsp3) is 0.600. The smallest absolute Gasteiger partial charge is 0.258 e. The second kappa shape index (κ2) is 17.9. The average Bonchev–Trinajstić information content (AvgIpc) is 3.02. The van der Waals surface area contributed by atoms with E-state index in [2.05, 4.69) is 5.32 Å². The number of carbonyl (C=O) groups is 2. The fourth-order valence-corrected chi connectivity index (χ4v) is 6.67. The summed E-state index contributed by atoms with van der Waals surface area (Å²) < 4.78 is 40.8. The monoisotopic (exact) mass is 674 g/mol. The van der Waals surface area contributed by atoms with Crippen molar-refractivity contribution in [3.8, 4) is 5.75 Å². The standard InChI is InChI=1S/C35H54N4O7S/c1-25-13-16-30(17-14-25)47(43,44)38(7)23-33-26(2)22-39(27(3)24-40)35(42)31-21-29(36-34(41)12-10-19-37(5)6)15-18-32(31)46-28(4)11-8-9-20-45-33/h13-18,21,26-28,33,40H,8-12,19-20,22-24H2,1-7H3,(H,36,41)/t26-,27+,28+,33-/m0/s1. The fourth-order valence-electron chi connectivity index (χ4n) is 5.48. The lowest BCUT2D eigenvalue weighted by Gasteiger charge is -2.35. The Morgan fingerprint density at radius 2 is 1.81 bits per heavy atom. The van der Waals surface area contributed by atoms with Crippen molar-refractivity contribution in [2.24, 2.45) is 5.92 Å². The number of ether oxygens (including phenoxy) is 2. The van der Waals surface area contributed by atoms with E-state index in [4.69, 9.17) is 9.47 Å². The van der Waals surface area contributed by atoms with Crippen LogP contribution in [-0.4, -0.2) is 112 Å². The summed E-state index contributed by atoms with van der Waals surface area (Å²) in [4.78, 5) is 30.8. The minimum atomic E-state index is -3.78. The number of amides is 2. The Labute approximate surface area is 281 Å². The van der Waals surface area contributed by atoms with Crippen LogP contribution in [0.4, 0.5) is 5.69 Å². The molecule has 0 radical (unpaired) electrons. The van der Waals surface area contributed by atoms with E-state index >= 15 is 0 Å². The predicted molar refractivity (Wildman–Crippen MR) is 184 cm³/mol. The van der Waals surface area contributed by atoms with Crippen molar-refractivity contribution in [1.29, 1.82) is 0 Å². The molecule has 2 aromatic carbocycles. The molecule has 0 bridgehead atoms. The Kier molecular flexibility index (Phi) is 14.7. The van der Waals surface area contributed by atoms with Gasteiger partial charge in [0.15, 0.2) is 0 Å². The molecule has 2 amide bonds. The Balaban J connectivity index is 1.92. The minimum Gasteiger partial charge on any atom is -0.490 e. The number of aryl methyl sites for hydroxylation is 1. The van der Waals surface area contributed by atoms with Gasteiger partial charge in [0.2, 0.25) is 15.9 Å². The number of likely N-dealkylation sites (N-methyl/N-ethyl adjacent to an activating group) is 1. The van der Waals surface area contributed by atoms with Gasteiger partial charge in [-0.3, -0.25) is 9.59 Å². The van der Waals surface area contributed by atoms with E-state index in [9.17, 15) is 23.1 Å². The van der Waals surface area contributed by atoms with Crippen LogP contribution in [0.5, 0.6) is 5.75 Å². The molecule has 11 nitrogen and oxygen atoms in total. The van der Waals surface area contributed by atoms with Gasteiger partial charge in [-0.05, 0) is 97.4 Å². The summed E-state index contributed by atoms with van der Waals surface area (Å²) in [6, 6.07) is 11.3. The van der Waals surface area contributed by atoms with Gasteiger partial charge in [-0.15, -0.1) is 0 Å². The van der Waals surface area contributed by atoms with Crippen molar-refractivity contribution in [2.75, 3.05) is 59.3 Å². The van der Waals surface area contributed by atoms with Crippen molar-refractivity contribution < 1.29 is 32.6 Å². The summed E-state index contributed by atoms with van der Waals surface area (Å²) in [5.74, 6) is -0.395. The van der Waals surface area contributed by atoms with Crippen molar-refractivity contribution in [3.05, 3.63) is 53.6 Å². The molecule has 2 aromatic rings. The number of aliphatic hydroxyl groups is 1. The molecular weight excluding hydrogens is 620 g/mol. The van der Waals surface area contributed by atoms with E-state index < -0.39 is 22.2 Å². The number of carbonyl (C=O) groups excluding carboxylic acids is 2. The van der Waals surface area contributed by atoms with Crippen molar-refractivity contribution in [3.63, 3.8) is 0 Å². The van der Waals surface area contributed by atoms with Crippen LogP contribution in [0.15, 0.2) is 47.4 Å². The molecule has 0 fully saturated rings. The summed E-state index contributed by atoms with van der Waals surface area (Å²) >= 11 is 0. The van der Waals surface area contributed by atoms with E-state index in [0.717, 1.165) is 31.4 Å². The summed E-state index contributed by atoms with van der Waals surface area (Å²) in [7, 11) is 1.68. The van der Waals surface area contributed by atoms with Gasteiger partial charge < -0.3 is 29.7 Å². The quantitative estimate of drug-likeness (QED) is 0.359. The highest BCUT2D eigenvalue weighted by Gasteiger charge is 2.32. The number of benzene rings is 2. The predicted octanol–water partition coefficient (Wildman–Crippen LogP) is 4.39. The number of fused-ring (bicyclic) bond motifs is 1. The molecule has 12 heteroatoms. The maximum absolute atomic E-state index is 14.3. The summed E-state index contributed by atoms with van der Waals surface area (Å²) in [6.07, 6.45) is 2.63. The van der Waals surface area contributed by atoms with Crippen LogP contribution in [0.25, 0.3) is 0 Å². The van der Waals surface area contributed by atoms with Crippen LogP contribution in [0, 0.1) is 12.8 Å². The van der Waals surface area contributed by atoms with Crippen LogP contribution in [0.3, 0.4) is 0 Å². The lowest BCUT2D eigenvalue weighted by molar-refractivity contribution is -0.116. The van der Waals surface area contributed by atoms with Crippen LogP contribution in [0.1, 0.15) is 68.8 Å². The Hall–Kier alpha value is -3.03. The molecule has 0 saturated heterocycles. The molecule has 0 aromatic heterocycles. The van der Waals surface area contributed by atoms with Gasteiger partial charge in [0.1, 0.15) is 5.75 Å². The second-order valence-electron chi connectivity index (χ2n) is 13.1. The lowest BCUT2D eigenvalue weighted by atomic mass is 10.0. The molecule has 2 N–H and O–H groups in total. The van der Waals surface area contributed by atoms with E-state index in [1.165, 1.54) is 4.31 Å². The van der Waals surface area contributed by atoms with Gasteiger partial charge in [0, 0.05) is 44.8 Å². The van der Waals surface area contributed by atoms with E-state index in [-0.39, 0.29) is 54.0 Å². The first-order chi connectivity index (χ1) is 22.2. The Morgan fingerprint density at radius 3 is 2.47 bits per heavy atom. The zero-order valence-corrected chi connectivity index (χ0v) is 29.9. The number of hydrogen-bond acceptors (Lipinski definition) is 8. The second-order valence-corrected chi connectivity index (χ2v) is 15.1. The van der Waals surface area contributed by atoms with E-state index in [1.807, 2.05) is 39.8 Å². The first-order valence-corrected chi connectivity index (χ1v) is 18.0. The highest BCUT2D eigenvalue weighted by atomic mass is 32.2. The third-order valence-corrected chi connectivity index (χ3v) is 10.3. The molecule has 1 heterocycles. The van der Waals surface area contributed by atoms with Gasteiger partial charge in [-0.1, -0.05) is 24.6 Å². The number of nitrogens with one attached hydrogen (secondary N) is 1. The molecule has 1 aliphatic rings. The zero-order valence-electron chi connectivity index (χ0n) is 29.1. The van der Waals surface area contributed by atoms with Gasteiger partial charge in [0.05, 0.1) is 35.3 Å². The van der Waals surface area contributed by atoms with Gasteiger partial charge in [-0.25, -0.2) is 8.42 Å². The van der Waals surface area contributed by atoms with Crippen LogP contribution in [0.2, 0.25) is 0 Å². The summed E-state index contributed by atoms with van der Waals surface area (Å²) in [6.45, 7) is 8.76. The molecule has 0 aliphatic carbocycles. The van der Waals surface area contributed by atoms with E-state index in [0.29, 0.717) is 30.9 Å². The number of anilines is 1. The number of sulfonamides is 1. The molecule has 47 heavy (non-hydrogen) atoms. The molecular formula is C35H54N4O7S. The normalized spacial score (nSPS) is 20.8. The van der Waals surface area contributed by atoms with Gasteiger partial charge >= 0.3 is 0 Å². The molecule has 4 atom stereocenters. The van der Waals surface area contributed by atoms with Crippen LogP contribution in [-0.2, 0) is 19.6 Å². The summed E-state index contributed by atoms with van der Waals surface area (Å²) in [5.41, 5.74) is 1.73. The molecule has 1 aliphatic heterocycles. The molecule has 0 saturated carbocycles. The highest BCUT2D eigenvalue weighted by molar-refractivity contribution is 7.89. The SMILES string of the molecule is Cc1ccc(S(=O)(=O)N(C)C[C@@H]2OCCCC[C@@H](C)Oc3ccc(NC(=O)CCCN(C)C)cc3C(=O)N([C@H](C)CO)C[C@@H]2C)cc1. The Morgan fingerprint density at radius 1 is 1.11 bits per heavy atom. The first kappa shape index (κ1) is 38.4. The minimum absolute atomic E-state index is 0.0903. The van der Waals surface area contributed by atoms with Crippen LogP contribution >= 0.6 is 0 Å². The zero-order chi connectivity index (χ0) is 34.7. The number of hydrogen-bond donors (Lipinski definition) is 2. The third kappa shape index (κ3) is 11.3. The number of aliphatic hydroxyl groups excluding tert-OH is 1. The van der Waals surface area contributed by atoms with E-state index in [1.54, 1.807) is 61.3 Å². The van der Waals surface area contributed by atoms with Crippen molar-refractivity contribution in [1.82, 2.24) is 14.1 Å². The largest absolute Gasteiger partial charge is 0.490 e. The lowest BCUT2D eigenvalue weighted by Crippen LogP contribution is -2.48. The molecule has 0 unspecified atom stereocenters. The first-order valence-electron chi connectivity index (χ1n) is 16.5. The Bertz CT molecular complexity index is 1420. The molecule has 3 rings (SSSR count). The van der Waals surface area contributed by atoms with Crippen LogP contribution < -0.4 is 10.1 Å². The summed E-state index contributed by atoms with van der Waals surface area (Å²) in [5, 5.41) is 13.1. The third-order valence-electron chi connectivity index (χ3n) is 8.51. The highest BCUT2D eigenvalue weighted by Crippen LogP contribution is 2.29. The number of rotatable bonds is 11. The maximum atomic E-state index is 14.3. The topological polar surface area (TPSA) is 129 Å². The van der Waals surface area contributed by atoms with Gasteiger partial charge in [0.25, 0.3) is 5.91 Å². The molecule has 0 spiro atoms. The van der Waals surface area contributed by atoms with Gasteiger partial charge in [-0.2, -0.15) is 4.31 Å². The average molecular weight is 675 g/mol. The van der Waals surface area contributed by atoms with Crippen molar-refractivity contribution >= 4 is 27.5 Å². The maximum Gasteiger partial charge on any atom is 0.258 e.